The van der Waals surface area contributed by atoms with Gasteiger partial charge >= 0.3 is 0 Å². The van der Waals surface area contributed by atoms with E-state index in [0.29, 0.717) is 19.5 Å². The summed E-state index contributed by atoms with van der Waals surface area (Å²) in [7, 11) is 0. The monoisotopic (exact) mass is 310 g/mol. The van der Waals surface area contributed by atoms with Crippen molar-refractivity contribution < 1.29 is 14.4 Å². The Morgan fingerprint density at radius 2 is 1.86 bits per heavy atom. The lowest BCUT2D eigenvalue weighted by Crippen LogP contribution is -2.62. The molecule has 0 unspecified atom stereocenters. The molecule has 6 heteroatoms. The van der Waals surface area contributed by atoms with Crippen LogP contribution in [0.5, 0.6) is 0 Å². The first-order chi connectivity index (χ1) is 10.1. The standard InChI is InChI=1S/C15H22N2O3S/c18-13(7-6-11-4-2-1-3-5-11)16-8-12(9-16)17-14(19)10-21-15(17)20/h11-12H,1-10H2. The van der Waals surface area contributed by atoms with E-state index >= 15 is 0 Å². The third-order valence-electron chi connectivity index (χ3n) is 4.86. The Morgan fingerprint density at radius 3 is 2.48 bits per heavy atom. The van der Waals surface area contributed by atoms with Gasteiger partial charge in [0.15, 0.2) is 0 Å². The number of amides is 3. The minimum Gasteiger partial charge on any atom is -0.338 e. The third kappa shape index (κ3) is 3.25. The molecule has 3 aliphatic rings. The topological polar surface area (TPSA) is 57.7 Å². The van der Waals surface area contributed by atoms with Crippen molar-refractivity contribution >= 4 is 28.8 Å². The molecule has 0 spiro atoms. The van der Waals surface area contributed by atoms with Crippen molar-refractivity contribution in [1.82, 2.24) is 9.80 Å². The number of carbonyl (C=O) groups is 3. The predicted octanol–water partition coefficient (Wildman–Crippen LogP) is 2.25. The van der Waals surface area contributed by atoms with E-state index < -0.39 is 0 Å². The number of hydrogen-bond acceptors (Lipinski definition) is 4. The number of hydrogen-bond donors (Lipinski definition) is 0. The lowest BCUT2D eigenvalue weighted by atomic mass is 9.86. The number of thioether (sulfide) groups is 1. The molecule has 0 aromatic carbocycles. The van der Waals surface area contributed by atoms with Crippen molar-refractivity contribution in [1.29, 1.82) is 0 Å². The molecule has 2 aliphatic heterocycles. The summed E-state index contributed by atoms with van der Waals surface area (Å²) < 4.78 is 0. The fourth-order valence-corrected chi connectivity index (χ4v) is 4.28. The molecule has 3 rings (SSSR count). The van der Waals surface area contributed by atoms with Gasteiger partial charge in [-0.25, -0.2) is 0 Å². The first-order valence-corrected chi connectivity index (χ1v) is 8.90. The van der Waals surface area contributed by atoms with Gasteiger partial charge in [0.05, 0.1) is 11.8 Å². The Labute approximate surface area is 129 Å². The van der Waals surface area contributed by atoms with Crippen LogP contribution in [0, 0.1) is 5.92 Å². The van der Waals surface area contributed by atoms with Crippen LogP contribution in [0.4, 0.5) is 4.79 Å². The van der Waals surface area contributed by atoms with Crippen molar-refractivity contribution in [2.24, 2.45) is 5.92 Å². The summed E-state index contributed by atoms with van der Waals surface area (Å²) in [6, 6.07) is -0.0846. The van der Waals surface area contributed by atoms with Crippen LogP contribution < -0.4 is 0 Å². The minimum atomic E-state index is -0.153. The summed E-state index contributed by atoms with van der Waals surface area (Å²) in [5, 5.41) is -0.153. The molecule has 0 atom stereocenters. The molecule has 0 radical (unpaired) electrons. The Kier molecular flexibility index (Phi) is 4.52. The average molecular weight is 310 g/mol. The van der Waals surface area contributed by atoms with E-state index in [1.807, 2.05) is 0 Å². The van der Waals surface area contributed by atoms with Crippen LogP contribution in [0.2, 0.25) is 0 Å². The fourth-order valence-electron chi connectivity index (χ4n) is 3.50. The lowest BCUT2D eigenvalue weighted by Gasteiger charge is -2.42. The maximum absolute atomic E-state index is 12.1. The van der Waals surface area contributed by atoms with Gasteiger partial charge in [0.25, 0.3) is 5.24 Å². The molecule has 1 aliphatic carbocycles. The first kappa shape index (κ1) is 14.9. The molecule has 3 fully saturated rings. The second kappa shape index (κ2) is 6.38. The van der Waals surface area contributed by atoms with Crippen molar-refractivity contribution in [2.75, 3.05) is 18.8 Å². The SMILES string of the molecule is O=C(CCC1CCCCC1)N1CC(N2C(=O)CSC2=O)C1. The Balaban J connectivity index is 1.40. The van der Waals surface area contributed by atoms with Crippen LogP contribution in [0.1, 0.15) is 44.9 Å². The number of carbonyl (C=O) groups excluding carboxylic acids is 3. The second-order valence-electron chi connectivity index (χ2n) is 6.31. The van der Waals surface area contributed by atoms with Crippen LogP contribution in [0.15, 0.2) is 0 Å². The van der Waals surface area contributed by atoms with E-state index in [2.05, 4.69) is 0 Å². The van der Waals surface area contributed by atoms with Gasteiger partial charge in [-0.1, -0.05) is 43.9 Å². The van der Waals surface area contributed by atoms with E-state index in [-0.39, 0.29) is 28.8 Å². The highest BCUT2D eigenvalue weighted by Crippen LogP contribution is 2.29. The number of imide groups is 1. The normalized spacial score (nSPS) is 24.6. The molecule has 0 aromatic rings. The molecule has 2 heterocycles. The van der Waals surface area contributed by atoms with Crippen LogP contribution in [0.25, 0.3) is 0 Å². The summed E-state index contributed by atoms with van der Waals surface area (Å²) in [4.78, 5) is 38.5. The van der Waals surface area contributed by atoms with Crippen molar-refractivity contribution in [2.45, 2.75) is 51.0 Å². The van der Waals surface area contributed by atoms with Gasteiger partial charge in [-0.2, -0.15) is 0 Å². The zero-order chi connectivity index (χ0) is 14.8. The van der Waals surface area contributed by atoms with E-state index in [9.17, 15) is 14.4 Å². The summed E-state index contributed by atoms with van der Waals surface area (Å²) in [6.45, 7) is 1.06. The van der Waals surface area contributed by atoms with E-state index in [1.54, 1.807) is 4.90 Å². The highest BCUT2D eigenvalue weighted by Gasteiger charge is 2.43. The van der Waals surface area contributed by atoms with Gasteiger partial charge < -0.3 is 4.90 Å². The predicted molar refractivity (Wildman–Crippen MR) is 80.9 cm³/mol. The fraction of sp³-hybridized carbons (Fsp3) is 0.800. The first-order valence-electron chi connectivity index (χ1n) is 7.91. The highest BCUT2D eigenvalue weighted by atomic mass is 32.2. The average Bonchev–Trinajstić information content (AvgIpc) is 2.77. The van der Waals surface area contributed by atoms with Crippen LogP contribution >= 0.6 is 11.8 Å². The van der Waals surface area contributed by atoms with Crippen molar-refractivity contribution in [3.05, 3.63) is 0 Å². The van der Waals surface area contributed by atoms with Gasteiger partial charge in [0, 0.05) is 19.5 Å². The Bertz CT molecular complexity index is 426. The zero-order valence-corrected chi connectivity index (χ0v) is 13.1. The maximum atomic E-state index is 12.1. The Morgan fingerprint density at radius 1 is 1.14 bits per heavy atom. The molecule has 0 aromatic heterocycles. The number of nitrogens with zero attached hydrogens (tertiary/aromatic N) is 2. The molecule has 3 amide bonds. The molecule has 0 N–H and O–H groups in total. The quantitative estimate of drug-likeness (QED) is 0.799. The lowest BCUT2D eigenvalue weighted by molar-refractivity contribution is -0.142. The van der Waals surface area contributed by atoms with Crippen LogP contribution in [0.3, 0.4) is 0 Å². The van der Waals surface area contributed by atoms with Gasteiger partial charge in [0.2, 0.25) is 11.8 Å². The smallest absolute Gasteiger partial charge is 0.289 e. The Hall–Kier alpha value is -1.04. The number of likely N-dealkylation sites (tertiary alicyclic amines) is 1. The summed E-state index contributed by atoms with van der Waals surface area (Å²) in [6.07, 6.45) is 8.11. The molecule has 5 nitrogen and oxygen atoms in total. The molecule has 1 saturated carbocycles. The second-order valence-corrected chi connectivity index (χ2v) is 7.24. The minimum absolute atomic E-state index is 0.0846. The molecular formula is C15H22N2O3S. The van der Waals surface area contributed by atoms with Gasteiger partial charge in [0.1, 0.15) is 0 Å². The van der Waals surface area contributed by atoms with E-state index in [4.69, 9.17) is 0 Å². The third-order valence-corrected chi connectivity index (χ3v) is 5.69. The van der Waals surface area contributed by atoms with Crippen molar-refractivity contribution in [3.63, 3.8) is 0 Å². The van der Waals surface area contributed by atoms with Gasteiger partial charge in [-0.15, -0.1) is 0 Å². The van der Waals surface area contributed by atoms with Crippen LogP contribution in [-0.4, -0.2) is 51.7 Å². The van der Waals surface area contributed by atoms with Gasteiger partial charge in [-0.05, 0) is 12.3 Å². The van der Waals surface area contributed by atoms with Gasteiger partial charge in [-0.3, -0.25) is 19.3 Å². The van der Waals surface area contributed by atoms with Crippen LogP contribution in [-0.2, 0) is 9.59 Å². The van der Waals surface area contributed by atoms with E-state index in [0.717, 1.165) is 24.1 Å². The summed E-state index contributed by atoms with van der Waals surface area (Å²) in [5.41, 5.74) is 0. The summed E-state index contributed by atoms with van der Waals surface area (Å²) >= 11 is 1.06. The van der Waals surface area contributed by atoms with Crippen molar-refractivity contribution in [3.8, 4) is 0 Å². The van der Waals surface area contributed by atoms with E-state index in [1.165, 1.54) is 37.0 Å². The largest absolute Gasteiger partial charge is 0.338 e. The molecule has 116 valence electrons. The molecular weight excluding hydrogens is 288 g/mol. The summed E-state index contributed by atoms with van der Waals surface area (Å²) in [5.74, 6) is 1.05. The number of rotatable bonds is 4. The molecule has 0 bridgehead atoms. The zero-order valence-electron chi connectivity index (χ0n) is 12.3. The molecule has 2 saturated heterocycles. The molecule has 21 heavy (non-hydrogen) atoms. The maximum Gasteiger partial charge on any atom is 0.289 e. The highest BCUT2D eigenvalue weighted by molar-refractivity contribution is 8.14.